The van der Waals surface area contributed by atoms with Crippen molar-refractivity contribution >= 4 is 45.6 Å². The summed E-state index contributed by atoms with van der Waals surface area (Å²) in [6, 6.07) is 0. The van der Waals surface area contributed by atoms with E-state index >= 15 is 0 Å². The maximum absolute atomic E-state index is 12.0. The van der Waals surface area contributed by atoms with Crippen molar-refractivity contribution in [3.63, 3.8) is 0 Å². The molecule has 0 aliphatic carbocycles. The van der Waals surface area contributed by atoms with Crippen LogP contribution in [0.2, 0.25) is 0 Å². The van der Waals surface area contributed by atoms with Crippen molar-refractivity contribution in [2.24, 2.45) is 0 Å². The molecule has 0 spiro atoms. The van der Waals surface area contributed by atoms with Crippen molar-refractivity contribution in [2.75, 3.05) is 17.8 Å². The van der Waals surface area contributed by atoms with Crippen LogP contribution in [-0.4, -0.2) is 30.1 Å². The number of hydrogen-bond donors (Lipinski definition) is 1. The van der Waals surface area contributed by atoms with Crippen LogP contribution in [-0.2, 0) is 9.53 Å². The van der Waals surface area contributed by atoms with E-state index in [4.69, 9.17) is 16.3 Å². The van der Waals surface area contributed by atoms with E-state index in [1.165, 1.54) is 6.92 Å². The first-order valence-electron chi connectivity index (χ1n) is 6.59. The smallest absolute Gasteiger partial charge is 0.341 e. The van der Waals surface area contributed by atoms with E-state index in [9.17, 15) is 14.4 Å². The van der Waals surface area contributed by atoms with Gasteiger partial charge >= 0.3 is 5.97 Å². The second-order valence-corrected chi connectivity index (χ2v) is 5.78. The molecule has 21 heavy (non-hydrogen) atoms. The molecule has 1 aromatic rings. The standard InChI is InChI=1S/C14H18ClNO4S/c1-4-20-14(19)11-8(2)12(9(3)17)21-13(11)16-10(18)6-5-7-15/h4-7H2,1-3H3,(H,16,18). The number of amides is 1. The van der Waals surface area contributed by atoms with Gasteiger partial charge < -0.3 is 10.1 Å². The third-order valence-corrected chi connectivity index (χ3v) is 4.31. The van der Waals surface area contributed by atoms with E-state index in [2.05, 4.69) is 5.32 Å². The maximum atomic E-state index is 12.0. The van der Waals surface area contributed by atoms with E-state index in [-0.39, 0.29) is 30.3 Å². The van der Waals surface area contributed by atoms with Gasteiger partial charge in [0, 0.05) is 12.3 Å². The summed E-state index contributed by atoms with van der Waals surface area (Å²) in [6.07, 6.45) is 0.810. The molecule has 7 heteroatoms. The van der Waals surface area contributed by atoms with Crippen LogP contribution in [0.4, 0.5) is 5.00 Å². The lowest BCUT2D eigenvalue weighted by Crippen LogP contribution is -2.14. The number of Topliss-reactive ketones (excluding diaryl/α,β-unsaturated/α-hetero) is 1. The molecule has 1 N–H and O–H groups in total. The first-order valence-corrected chi connectivity index (χ1v) is 7.94. The summed E-state index contributed by atoms with van der Waals surface area (Å²) in [6.45, 7) is 5.02. The Morgan fingerprint density at radius 3 is 2.52 bits per heavy atom. The van der Waals surface area contributed by atoms with Gasteiger partial charge in [-0.05, 0) is 32.8 Å². The van der Waals surface area contributed by atoms with Gasteiger partial charge in [0.1, 0.15) is 5.00 Å². The zero-order valence-electron chi connectivity index (χ0n) is 12.2. The highest BCUT2D eigenvalue weighted by molar-refractivity contribution is 7.18. The second-order valence-electron chi connectivity index (χ2n) is 4.38. The number of halogens is 1. The number of anilines is 1. The van der Waals surface area contributed by atoms with Gasteiger partial charge in [0.15, 0.2) is 5.78 Å². The van der Waals surface area contributed by atoms with E-state index < -0.39 is 5.97 Å². The Kier molecular flexibility index (Phi) is 6.84. The number of alkyl halides is 1. The van der Waals surface area contributed by atoms with Crippen LogP contribution < -0.4 is 5.32 Å². The summed E-state index contributed by atoms with van der Waals surface area (Å²) in [5.74, 6) is -0.534. The van der Waals surface area contributed by atoms with Crippen LogP contribution in [0.15, 0.2) is 0 Å². The van der Waals surface area contributed by atoms with E-state index in [0.29, 0.717) is 27.7 Å². The Bertz CT molecular complexity index is 553. The molecule has 5 nitrogen and oxygen atoms in total. The molecule has 0 unspecified atom stereocenters. The third-order valence-electron chi connectivity index (χ3n) is 2.74. The molecule has 0 fully saturated rings. The van der Waals surface area contributed by atoms with Gasteiger partial charge in [0.25, 0.3) is 0 Å². The number of rotatable bonds is 7. The van der Waals surface area contributed by atoms with Crippen LogP contribution in [0.1, 0.15) is 52.3 Å². The number of carbonyl (C=O) groups is 3. The van der Waals surface area contributed by atoms with Gasteiger partial charge in [-0.1, -0.05) is 0 Å². The summed E-state index contributed by atoms with van der Waals surface area (Å²) >= 11 is 6.64. The van der Waals surface area contributed by atoms with Crippen LogP contribution >= 0.6 is 22.9 Å². The van der Waals surface area contributed by atoms with Gasteiger partial charge in [0.2, 0.25) is 5.91 Å². The largest absolute Gasteiger partial charge is 0.462 e. The minimum absolute atomic E-state index is 0.149. The molecule has 0 saturated heterocycles. The molecule has 0 atom stereocenters. The molecule has 1 heterocycles. The van der Waals surface area contributed by atoms with Crippen LogP contribution in [0.3, 0.4) is 0 Å². The number of thiophene rings is 1. The van der Waals surface area contributed by atoms with Crippen molar-refractivity contribution in [1.29, 1.82) is 0 Å². The molecular formula is C14H18ClNO4S. The lowest BCUT2D eigenvalue weighted by atomic mass is 10.1. The van der Waals surface area contributed by atoms with Gasteiger partial charge in [-0.25, -0.2) is 4.79 Å². The van der Waals surface area contributed by atoms with E-state index in [1.807, 2.05) is 0 Å². The molecule has 0 aliphatic rings. The molecular weight excluding hydrogens is 314 g/mol. The SMILES string of the molecule is CCOC(=O)c1c(NC(=O)CCCCl)sc(C(C)=O)c1C. The van der Waals surface area contributed by atoms with Crippen LogP contribution in [0, 0.1) is 6.92 Å². The van der Waals surface area contributed by atoms with Crippen molar-refractivity contribution in [1.82, 2.24) is 0 Å². The van der Waals surface area contributed by atoms with Crippen molar-refractivity contribution in [3.05, 3.63) is 16.0 Å². The molecule has 0 saturated carbocycles. The predicted molar refractivity (Wildman–Crippen MR) is 83.6 cm³/mol. The highest BCUT2D eigenvalue weighted by Gasteiger charge is 2.25. The van der Waals surface area contributed by atoms with Gasteiger partial charge in [-0.15, -0.1) is 22.9 Å². The van der Waals surface area contributed by atoms with Gasteiger partial charge in [-0.2, -0.15) is 0 Å². The highest BCUT2D eigenvalue weighted by Crippen LogP contribution is 2.34. The average molecular weight is 332 g/mol. The molecule has 0 bridgehead atoms. The molecule has 0 aromatic carbocycles. The third kappa shape index (κ3) is 4.54. The Morgan fingerprint density at radius 2 is 2.00 bits per heavy atom. The molecule has 0 aliphatic heterocycles. The number of hydrogen-bond acceptors (Lipinski definition) is 5. The Hall–Kier alpha value is -1.40. The average Bonchev–Trinajstić information content (AvgIpc) is 2.73. The Balaban J connectivity index is 3.11. The fourth-order valence-electron chi connectivity index (χ4n) is 1.80. The number of ketones is 1. The Labute approximate surface area is 132 Å². The van der Waals surface area contributed by atoms with Gasteiger partial charge in [-0.3, -0.25) is 9.59 Å². The quantitative estimate of drug-likeness (QED) is 0.472. The van der Waals surface area contributed by atoms with Crippen molar-refractivity contribution in [2.45, 2.75) is 33.6 Å². The second kappa shape index (κ2) is 8.14. The van der Waals surface area contributed by atoms with Crippen LogP contribution in [0.5, 0.6) is 0 Å². The maximum Gasteiger partial charge on any atom is 0.341 e. The lowest BCUT2D eigenvalue weighted by molar-refractivity contribution is -0.116. The Morgan fingerprint density at radius 1 is 1.33 bits per heavy atom. The topological polar surface area (TPSA) is 72.5 Å². The predicted octanol–water partition coefficient (Wildman–Crippen LogP) is 3.39. The fraction of sp³-hybridized carbons (Fsp3) is 0.500. The minimum atomic E-state index is -0.536. The van der Waals surface area contributed by atoms with E-state index in [1.54, 1.807) is 13.8 Å². The number of ether oxygens (including phenoxy) is 1. The van der Waals surface area contributed by atoms with Crippen LogP contribution in [0.25, 0.3) is 0 Å². The summed E-state index contributed by atoms with van der Waals surface area (Å²) in [7, 11) is 0. The highest BCUT2D eigenvalue weighted by atomic mass is 35.5. The summed E-state index contributed by atoms with van der Waals surface area (Å²) in [5.41, 5.74) is 0.796. The first-order chi connectivity index (χ1) is 9.92. The molecule has 1 rings (SSSR count). The van der Waals surface area contributed by atoms with E-state index in [0.717, 1.165) is 11.3 Å². The monoisotopic (exact) mass is 331 g/mol. The normalized spacial score (nSPS) is 10.3. The number of nitrogens with one attached hydrogen (secondary N) is 1. The zero-order valence-corrected chi connectivity index (χ0v) is 13.8. The van der Waals surface area contributed by atoms with Crippen molar-refractivity contribution < 1.29 is 19.1 Å². The zero-order chi connectivity index (χ0) is 16.0. The minimum Gasteiger partial charge on any atom is -0.462 e. The summed E-state index contributed by atoms with van der Waals surface area (Å²) < 4.78 is 4.99. The molecule has 116 valence electrons. The fourth-order valence-corrected chi connectivity index (χ4v) is 3.04. The summed E-state index contributed by atoms with van der Waals surface area (Å²) in [4.78, 5) is 35.9. The molecule has 1 aromatic heterocycles. The lowest BCUT2D eigenvalue weighted by Gasteiger charge is -2.06. The number of esters is 1. The summed E-state index contributed by atoms with van der Waals surface area (Å²) in [5, 5.41) is 3.03. The first kappa shape index (κ1) is 17.7. The molecule has 0 radical (unpaired) electrons. The van der Waals surface area contributed by atoms with Crippen molar-refractivity contribution in [3.8, 4) is 0 Å². The molecule has 1 amide bonds. The van der Waals surface area contributed by atoms with Gasteiger partial charge in [0.05, 0.1) is 17.0 Å². The number of carbonyl (C=O) groups excluding carboxylic acids is 3.